The molecule has 2 N–H and O–H groups in total. The summed E-state index contributed by atoms with van der Waals surface area (Å²) in [5.74, 6) is 0.973. The second-order valence-corrected chi connectivity index (χ2v) is 5.19. The number of rotatable bonds is 2. The molecule has 1 saturated heterocycles. The van der Waals surface area contributed by atoms with Crippen molar-refractivity contribution >= 4 is 10.8 Å². The van der Waals surface area contributed by atoms with Crippen LogP contribution in [0.5, 0.6) is 0 Å². The van der Waals surface area contributed by atoms with E-state index in [0.29, 0.717) is 30.4 Å². The fraction of sp³-hybridized carbons (Fsp3) is 0.267. The number of hydrogen-bond donors (Lipinski definition) is 2. The van der Waals surface area contributed by atoms with Crippen LogP contribution < -0.4 is 5.32 Å². The minimum atomic E-state index is -0.360. The third-order valence-electron chi connectivity index (χ3n) is 3.73. The van der Waals surface area contributed by atoms with Crippen LogP contribution in [0.2, 0.25) is 0 Å². The lowest BCUT2D eigenvalue weighted by Gasteiger charge is -2.02. The first-order valence-corrected chi connectivity index (χ1v) is 6.90. The number of aromatic nitrogens is 3. The van der Waals surface area contributed by atoms with E-state index in [1.165, 1.54) is 0 Å². The number of aliphatic hydroxyl groups is 1. The molecule has 6 heteroatoms. The van der Waals surface area contributed by atoms with Gasteiger partial charge in [-0.1, -0.05) is 29.4 Å². The molecule has 1 aromatic carbocycles. The molecule has 0 bridgehead atoms. The summed E-state index contributed by atoms with van der Waals surface area (Å²) in [4.78, 5) is 8.81. The Morgan fingerprint density at radius 2 is 2.14 bits per heavy atom. The van der Waals surface area contributed by atoms with Crippen molar-refractivity contribution in [3.05, 3.63) is 42.4 Å². The number of aliphatic hydroxyl groups excluding tert-OH is 1. The number of benzene rings is 1. The van der Waals surface area contributed by atoms with Gasteiger partial charge < -0.3 is 14.9 Å². The minimum Gasteiger partial charge on any atom is -0.392 e. The normalized spacial score (nSPS) is 22.0. The summed E-state index contributed by atoms with van der Waals surface area (Å²) in [6.45, 7) is 0.550. The highest BCUT2D eigenvalue weighted by molar-refractivity contribution is 5.92. The van der Waals surface area contributed by atoms with Crippen LogP contribution in [0.1, 0.15) is 18.4 Å². The summed E-state index contributed by atoms with van der Waals surface area (Å²) in [5.41, 5.74) is 0.710. The molecule has 6 nitrogen and oxygen atoms in total. The van der Waals surface area contributed by atoms with E-state index in [4.69, 9.17) is 4.52 Å². The van der Waals surface area contributed by atoms with E-state index in [-0.39, 0.29) is 12.1 Å². The number of fused-ring (bicyclic) bond motifs is 1. The van der Waals surface area contributed by atoms with E-state index in [1.807, 2.05) is 30.3 Å². The van der Waals surface area contributed by atoms with Gasteiger partial charge in [-0.25, -0.2) is 0 Å². The maximum absolute atomic E-state index is 9.56. The quantitative estimate of drug-likeness (QED) is 0.744. The van der Waals surface area contributed by atoms with E-state index in [0.717, 1.165) is 10.8 Å². The molecular formula is C15H14N4O2. The Labute approximate surface area is 120 Å². The molecule has 1 fully saturated rings. The molecule has 1 aliphatic rings. The van der Waals surface area contributed by atoms with Gasteiger partial charge in [-0.3, -0.25) is 4.98 Å². The van der Waals surface area contributed by atoms with Crippen LogP contribution in [-0.4, -0.2) is 32.9 Å². The predicted molar refractivity (Wildman–Crippen MR) is 76.4 cm³/mol. The molecule has 106 valence electrons. The molecule has 2 aromatic heterocycles. The highest BCUT2D eigenvalue weighted by Crippen LogP contribution is 2.27. The molecule has 0 amide bonds. The van der Waals surface area contributed by atoms with Gasteiger partial charge in [0.05, 0.1) is 12.1 Å². The fourth-order valence-electron chi connectivity index (χ4n) is 2.68. The van der Waals surface area contributed by atoms with Crippen molar-refractivity contribution in [1.82, 2.24) is 20.4 Å². The first-order valence-electron chi connectivity index (χ1n) is 6.90. The fourth-order valence-corrected chi connectivity index (χ4v) is 2.68. The maximum Gasteiger partial charge on any atom is 0.244 e. The van der Waals surface area contributed by atoms with Crippen LogP contribution >= 0.6 is 0 Å². The number of hydrogen-bond acceptors (Lipinski definition) is 6. The molecular weight excluding hydrogens is 268 g/mol. The van der Waals surface area contributed by atoms with Gasteiger partial charge in [-0.2, -0.15) is 4.98 Å². The molecule has 3 heterocycles. The predicted octanol–water partition coefficient (Wildman–Crippen LogP) is 1.68. The highest BCUT2D eigenvalue weighted by atomic mass is 16.5. The zero-order valence-electron chi connectivity index (χ0n) is 11.2. The van der Waals surface area contributed by atoms with Crippen molar-refractivity contribution < 1.29 is 9.63 Å². The average molecular weight is 282 g/mol. The number of nitrogens with zero attached hydrogens (tertiary/aromatic N) is 3. The van der Waals surface area contributed by atoms with Crippen LogP contribution in [0, 0.1) is 0 Å². The van der Waals surface area contributed by atoms with Crippen LogP contribution in [0.3, 0.4) is 0 Å². The monoisotopic (exact) mass is 282 g/mol. The Morgan fingerprint density at radius 3 is 3.00 bits per heavy atom. The van der Waals surface area contributed by atoms with E-state index in [9.17, 15) is 5.11 Å². The molecule has 0 spiro atoms. The Kier molecular flexibility index (Phi) is 2.90. The van der Waals surface area contributed by atoms with Crippen LogP contribution in [0.15, 0.2) is 41.1 Å². The smallest absolute Gasteiger partial charge is 0.244 e. The summed E-state index contributed by atoms with van der Waals surface area (Å²) >= 11 is 0. The molecule has 3 aromatic rings. The molecule has 4 rings (SSSR count). The zero-order valence-corrected chi connectivity index (χ0v) is 11.2. The average Bonchev–Trinajstić information content (AvgIpc) is 3.15. The largest absolute Gasteiger partial charge is 0.392 e. The summed E-state index contributed by atoms with van der Waals surface area (Å²) in [7, 11) is 0. The molecule has 0 unspecified atom stereocenters. The summed E-state index contributed by atoms with van der Waals surface area (Å²) in [5, 5.41) is 18.8. The molecule has 2 atom stereocenters. The van der Waals surface area contributed by atoms with Crippen molar-refractivity contribution in [3.63, 3.8) is 0 Å². The molecule has 0 aliphatic carbocycles. The number of β-amino-alcohol motifs (C(OH)–C–C–N with tert-alkyl or cyclic N) is 1. The highest BCUT2D eigenvalue weighted by Gasteiger charge is 2.28. The van der Waals surface area contributed by atoms with Gasteiger partial charge in [0.25, 0.3) is 0 Å². The van der Waals surface area contributed by atoms with Crippen molar-refractivity contribution in [2.24, 2.45) is 0 Å². The lowest BCUT2D eigenvalue weighted by molar-refractivity contribution is 0.191. The second-order valence-electron chi connectivity index (χ2n) is 5.19. The van der Waals surface area contributed by atoms with Crippen LogP contribution in [0.25, 0.3) is 22.3 Å². The van der Waals surface area contributed by atoms with Gasteiger partial charge in [0.15, 0.2) is 0 Å². The number of pyridine rings is 1. The first-order chi connectivity index (χ1) is 10.3. The maximum atomic E-state index is 9.56. The van der Waals surface area contributed by atoms with Gasteiger partial charge >= 0.3 is 0 Å². The van der Waals surface area contributed by atoms with Gasteiger partial charge in [-0.05, 0) is 17.9 Å². The molecule has 0 radical (unpaired) electrons. The third kappa shape index (κ3) is 2.18. The molecule has 1 aliphatic heterocycles. The van der Waals surface area contributed by atoms with Crippen LogP contribution in [-0.2, 0) is 0 Å². The summed E-state index contributed by atoms with van der Waals surface area (Å²) in [6, 6.07) is 9.83. The van der Waals surface area contributed by atoms with Crippen LogP contribution in [0.4, 0.5) is 0 Å². The van der Waals surface area contributed by atoms with E-state index >= 15 is 0 Å². The Bertz CT molecular complexity index is 781. The zero-order chi connectivity index (χ0) is 14.2. The number of nitrogens with one attached hydrogen (secondary N) is 1. The SMILES string of the molecule is O[C@@H]1CN[C@@H](c2nc(-c3nccc4ccccc34)no2)C1. The van der Waals surface area contributed by atoms with E-state index in [1.54, 1.807) is 6.20 Å². The van der Waals surface area contributed by atoms with Gasteiger partial charge in [0.1, 0.15) is 5.69 Å². The summed E-state index contributed by atoms with van der Waals surface area (Å²) < 4.78 is 5.33. The minimum absolute atomic E-state index is 0.0868. The summed E-state index contributed by atoms with van der Waals surface area (Å²) in [6.07, 6.45) is 1.97. The molecule has 21 heavy (non-hydrogen) atoms. The van der Waals surface area contributed by atoms with Crippen molar-refractivity contribution in [2.75, 3.05) is 6.54 Å². The second kappa shape index (κ2) is 4.91. The molecule has 0 saturated carbocycles. The van der Waals surface area contributed by atoms with Crippen molar-refractivity contribution in [1.29, 1.82) is 0 Å². The lowest BCUT2D eigenvalue weighted by atomic mass is 10.1. The Balaban J connectivity index is 1.74. The standard InChI is InChI=1S/C15H14N4O2/c20-10-7-12(17-8-10)15-18-14(19-21-15)13-11-4-2-1-3-9(11)5-6-16-13/h1-6,10,12,17,20H,7-8H2/t10-,12+/m0/s1. The van der Waals surface area contributed by atoms with Gasteiger partial charge in [0.2, 0.25) is 11.7 Å². The Hall–Kier alpha value is -2.31. The Morgan fingerprint density at radius 1 is 1.24 bits per heavy atom. The van der Waals surface area contributed by atoms with Crippen molar-refractivity contribution in [3.8, 4) is 11.5 Å². The first kappa shape index (κ1) is 12.4. The van der Waals surface area contributed by atoms with E-state index < -0.39 is 0 Å². The topological polar surface area (TPSA) is 84.1 Å². The third-order valence-corrected chi connectivity index (χ3v) is 3.73. The van der Waals surface area contributed by atoms with E-state index in [2.05, 4.69) is 20.4 Å². The van der Waals surface area contributed by atoms with Gasteiger partial charge in [0, 0.05) is 18.1 Å². The lowest BCUT2D eigenvalue weighted by Crippen LogP contribution is -2.15. The van der Waals surface area contributed by atoms with Crippen molar-refractivity contribution in [2.45, 2.75) is 18.6 Å². The van der Waals surface area contributed by atoms with Gasteiger partial charge in [-0.15, -0.1) is 0 Å².